The molecule has 27 heavy (non-hydrogen) atoms. The number of nitrogens with one attached hydrogen (secondary N) is 1. The number of carboxylic acids is 1. The van der Waals surface area contributed by atoms with Gasteiger partial charge in [0.2, 0.25) is 0 Å². The number of hydrogen-bond donors (Lipinski definition) is 2. The molecule has 0 aliphatic rings. The van der Waals surface area contributed by atoms with Crippen molar-refractivity contribution in [1.82, 2.24) is 4.98 Å². The second kappa shape index (κ2) is 8.09. The Hall–Kier alpha value is -3.06. The normalized spacial score (nSPS) is 10.5. The van der Waals surface area contributed by atoms with Crippen LogP contribution in [0.1, 0.15) is 10.4 Å². The molecule has 2 N–H and O–H groups in total. The number of hydrogen-bond acceptors (Lipinski definition) is 6. The third kappa shape index (κ3) is 4.38. The fourth-order valence-corrected chi connectivity index (χ4v) is 3.61. The SMILES string of the molecule is COc1ccc(-c2nc(Nc3ccc(C)cc3)sc2CC(=O)O)c(OC)c1. The highest BCUT2D eigenvalue weighted by atomic mass is 32.1. The zero-order chi connectivity index (χ0) is 19.4. The Balaban J connectivity index is 2.02. The fourth-order valence-electron chi connectivity index (χ4n) is 2.63. The van der Waals surface area contributed by atoms with Crippen molar-refractivity contribution < 1.29 is 19.4 Å². The first-order valence-electron chi connectivity index (χ1n) is 8.27. The summed E-state index contributed by atoms with van der Waals surface area (Å²) in [5, 5.41) is 13.2. The number of methoxy groups -OCH3 is 2. The van der Waals surface area contributed by atoms with Gasteiger partial charge in [-0.25, -0.2) is 4.98 Å². The molecule has 0 bridgehead atoms. The van der Waals surface area contributed by atoms with E-state index in [1.54, 1.807) is 26.4 Å². The number of rotatable bonds is 7. The van der Waals surface area contributed by atoms with E-state index in [0.29, 0.717) is 27.2 Å². The van der Waals surface area contributed by atoms with Crippen LogP contribution < -0.4 is 14.8 Å². The lowest BCUT2D eigenvalue weighted by molar-refractivity contribution is -0.136. The van der Waals surface area contributed by atoms with E-state index in [2.05, 4.69) is 10.3 Å². The molecule has 0 aliphatic carbocycles. The van der Waals surface area contributed by atoms with Crippen LogP contribution in [0.15, 0.2) is 42.5 Å². The fraction of sp³-hybridized carbons (Fsp3) is 0.200. The first-order chi connectivity index (χ1) is 13.0. The molecule has 0 amide bonds. The summed E-state index contributed by atoms with van der Waals surface area (Å²) in [6, 6.07) is 13.3. The van der Waals surface area contributed by atoms with Gasteiger partial charge in [0.1, 0.15) is 11.5 Å². The van der Waals surface area contributed by atoms with Crippen LogP contribution in [-0.4, -0.2) is 30.3 Å². The van der Waals surface area contributed by atoms with Crippen LogP contribution in [0.5, 0.6) is 11.5 Å². The van der Waals surface area contributed by atoms with Gasteiger partial charge in [0, 0.05) is 22.2 Å². The smallest absolute Gasteiger partial charge is 0.308 e. The first-order valence-corrected chi connectivity index (χ1v) is 9.09. The summed E-state index contributed by atoms with van der Waals surface area (Å²) in [5.41, 5.74) is 3.37. The molecule has 7 heteroatoms. The summed E-state index contributed by atoms with van der Waals surface area (Å²) < 4.78 is 10.7. The van der Waals surface area contributed by atoms with E-state index in [9.17, 15) is 9.90 Å². The van der Waals surface area contributed by atoms with Gasteiger partial charge in [-0.1, -0.05) is 17.7 Å². The highest BCUT2D eigenvalue weighted by Gasteiger charge is 2.19. The maximum Gasteiger partial charge on any atom is 0.308 e. The number of anilines is 2. The summed E-state index contributed by atoms with van der Waals surface area (Å²) in [7, 11) is 3.14. The molecule has 1 aromatic heterocycles. The van der Waals surface area contributed by atoms with E-state index in [1.807, 2.05) is 37.3 Å². The molecular formula is C20H20N2O4S. The molecule has 1 heterocycles. The number of thiazole rings is 1. The minimum absolute atomic E-state index is 0.113. The van der Waals surface area contributed by atoms with E-state index >= 15 is 0 Å². The monoisotopic (exact) mass is 384 g/mol. The highest BCUT2D eigenvalue weighted by Crippen LogP contribution is 2.39. The third-order valence-electron chi connectivity index (χ3n) is 3.98. The number of aliphatic carboxylic acids is 1. The summed E-state index contributed by atoms with van der Waals surface area (Å²) in [4.78, 5) is 16.6. The average Bonchev–Trinajstić information content (AvgIpc) is 3.04. The lowest BCUT2D eigenvalue weighted by Crippen LogP contribution is -2.00. The molecule has 2 aromatic carbocycles. The van der Waals surface area contributed by atoms with Gasteiger partial charge >= 0.3 is 5.97 Å². The molecule has 3 aromatic rings. The second-order valence-corrected chi connectivity index (χ2v) is 7.00. The lowest BCUT2D eigenvalue weighted by atomic mass is 10.1. The minimum atomic E-state index is -0.908. The molecule has 0 fully saturated rings. The van der Waals surface area contributed by atoms with Crippen molar-refractivity contribution >= 4 is 28.1 Å². The number of carboxylic acid groups (broad SMARTS) is 1. The molecule has 140 valence electrons. The number of aryl methyl sites for hydroxylation is 1. The van der Waals surface area contributed by atoms with Crippen LogP contribution in [0.25, 0.3) is 11.3 Å². The predicted molar refractivity (Wildman–Crippen MR) is 106 cm³/mol. The number of ether oxygens (including phenoxy) is 2. The Morgan fingerprint density at radius 3 is 2.52 bits per heavy atom. The average molecular weight is 384 g/mol. The molecule has 0 unspecified atom stereocenters. The lowest BCUT2D eigenvalue weighted by Gasteiger charge is -2.09. The number of benzene rings is 2. The highest BCUT2D eigenvalue weighted by molar-refractivity contribution is 7.16. The Morgan fingerprint density at radius 2 is 1.89 bits per heavy atom. The second-order valence-electron chi connectivity index (χ2n) is 5.92. The maximum absolute atomic E-state index is 11.3. The molecule has 0 saturated heterocycles. The van der Waals surface area contributed by atoms with Crippen LogP contribution in [0, 0.1) is 6.92 Å². The molecule has 6 nitrogen and oxygen atoms in total. The Kier molecular flexibility index (Phi) is 5.61. The van der Waals surface area contributed by atoms with E-state index in [0.717, 1.165) is 16.8 Å². The molecule has 0 spiro atoms. The Labute approximate surface area is 161 Å². The maximum atomic E-state index is 11.3. The van der Waals surface area contributed by atoms with Crippen molar-refractivity contribution in [2.45, 2.75) is 13.3 Å². The van der Waals surface area contributed by atoms with Gasteiger partial charge in [0.15, 0.2) is 5.13 Å². The van der Waals surface area contributed by atoms with Crippen molar-refractivity contribution in [2.75, 3.05) is 19.5 Å². The summed E-state index contributed by atoms with van der Waals surface area (Å²) in [5.74, 6) is 0.325. The molecule has 3 rings (SSSR count). The molecule has 0 radical (unpaired) electrons. The summed E-state index contributed by atoms with van der Waals surface area (Å²) in [6.07, 6.45) is -0.113. The number of aromatic nitrogens is 1. The molecule has 0 aliphatic heterocycles. The summed E-state index contributed by atoms with van der Waals surface area (Å²) in [6.45, 7) is 2.02. The predicted octanol–water partition coefficient (Wildman–Crippen LogP) is 4.51. The summed E-state index contributed by atoms with van der Waals surface area (Å²) >= 11 is 1.32. The standard InChI is InChI=1S/C20H20N2O4S/c1-12-4-6-13(7-5-12)21-20-22-19(17(27-20)11-18(23)24)15-9-8-14(25-2)10-16(15)26-3/h4-10H,11H2,1-3H3,(H,21,22)(H,23,24). The van der Waals surface area contributed by atoms with Crippen LogP contribution in [-0.2, 0) is 11.2 Å². The van der Waals surface area contributed by atoms with E-state index < -0.39 is 5.97 Å². The largest absolute Gasteiger partial charge is 0.497 e. The molecule has 0 saturated carbocycles. The Morgan fingerprint density at radius 1 is 1.15 bits per heavy atom. The zero-order valence-electron chi connectivity index (χ0n) is 15.3. The van der Waals surface area contributed by atoms with Crippen LogP contribution in [0.3, 0.4) is 0 Å². The minimum Gasteiger partial charge on any atom is -0.497 e. The number of nitrogens with zero attached hydrogens (tertiary/aromatic N) is 1. The van der Waals surface area contributed by atoms with E-state index in [-0.39, 0.29) is 6.42 Å². The topological polar surface area (TPSA) is 80.7 Å². The zero-order valence-corrected chi connectivity index (χ0v) is 16.1. The van der Waals surface area contributed by atoms with Gasteiger partial charge in [0.25, 0.3) is 0 Å². The van der Waals surface area contributed by atoms with Gasteiger partial charge in [-0.3, -0.25) is 4.79 Å². The van der Waals surface area contributed by atoms with Gasteiger partial charge in [0.05, 0.1) is 26.3 Å². The van der Waals surface area contributed by atoms with E-state index in [1.165, 1.54) is 11.3 Å². The van der Waals surface area contributed by atoms with Crippen LogP contribution in [0.2, 0.25) is 0 Å². The van der Waals surface area contributed by atoms with Gasteiger partial charge in [-0.2, -0.15) is 0 Å². The first kappa shape index (κ1) is 18.7. The third-order valence-corrected chi connectivity index (χ3v) is 4.95. The van der Waals surface area contributed by atoms with Crippen molar-refractivity contribution in [3.8, 4) is 22.8 Å². The van der Waals surface area contributed by atoms with Crippen LogP contribution >= 0.6 is 11.3 Å². The van der Waals surface area contributed by atoms with Crippen molar-refractivity contribution in [2.24, 2.45) is 0 Å². The number of carbonyl (C=O) groups is 1. The van der Waals surface area contributed by atoms with Crippen molar-refractivity contribution in [3.63, 3.8) is 0 Å². The molecule has 0 atom stereocenters. The Bertz CT molecular complexity index is 951. The quantitative estimate of drug-likeness (QED) is 0.624. The van der Waals surface area contributed by atoms with Gasteiger partial charge in [-0.15, -0.1) is 11.3 Å². The van der Waals surface area contributed by atoms with Crippen molar-refractivity contribution in [1.29, 1.82) is 0 Å². The van der Waals surface area contributed by atoms with E-state index in [4.69, 9.17) is 9.47 Å². The van der Waals surface area contributed by atoms with Crippen LogP contribution in [0.4, 0.5) is 10.8 Å². The van der Waals surface area contributed by atoms with Gasteiger partial charge in [-0.05, 0) is 31.2 Å². The van der Waals surface area contributed by atoms with Crippen molar-refractivity contribution in [3.05, 3.63) is 52.9 Å². The van der Waals surface area contributed by atoms with Gasteiger partial charge < -0.3 is 19.9 Å². The molecular weight excluding hydrogens is 364 g/mol.